The van der Waals surface area contributed by atoms with Crippen LogP contribution in [0.2, 0.25) is 0 Å². The predicted molar refractivity (Wildman–Crippen MR) is 122 cm³/mol. The molecule has 4 unspecified atom stereocenters. The summed E-state index contributed by atoms with van der Waals surface area (Å²) in [5.74, 6) is 1.89. The number of aliphatic imine (C=N–C) groups is 1. The van der Waals surface area contributed by atoms with Crippen LogP contribution in [-0.2, 0) is 15.0 Å². The van der Waals surface area contributed by atoms with E-state index in [9.17, 15) is 9.59 Å². The Kier molecular flexibility index (Phi) is 5.43. The topological polar surface area (TPSA) is 83.0 Å². The van der Waals surface area contributed by atoms with E-state index in [0.29, 0.717) is 19.6 Å². The molecule has 7 heteroatoms. The van der Waals surface area contributed by atoms with Gasteiger partial charge in [0.25, 0.3) is 0 Å². The van der Waals surface area contributed by atoms with Crippen molar-refractivity contribution >= 4 is 17.8 Å². The third-order valence-electron chi connectivity index (χ3n) is 7.61. The van der Waals surface area contributed by atoms with Crippen molar-refractivity contribution in [2.45, 2.75) is 31.6 Å². The van der Waals surface area contributed by atoms with Gasteiger partial charge in [0.05, 0.1) is 25.5 Å². The van der Waals surface area contributed by atoms with Gasteiger partial charge in [0.1, 0.15) is 5.75 Å². The molecule has 4 atom stereocenters. The van der Waals surface area contributed by atoms with E-state index in [1.54, 1.807) is 7.11 Å². The van der Waals surface area contributed by atoms with Gasteiger partial charge in [0.2, 0.25) is 11.8 Å². The lowest BCUT2D eigenvalue weighted by atomic mass is 9.85. The number of hydrogen-bond donors (Lipinski definition) is 2. The third-order valence-corrected chi connectivity index (χ3v) is 7.61. The molecule has 1 saturated heterocycles. The van der Waals surface area contributed by atoms with Gasteiger partial charge in [0, 0.05) is 30.6 Å². The summed E-state index contributed by atoms with van der Waals surface area (Å²) < 4.78 is 5.57. The van der Waals surface area contributed by atoms with E-state index in [2.05, 4.69) is 28.9 Å². The fourth-order valence-electron chi connectivity index (χ4n) is 5.79. The molecule has 0 radical (unpaired) electrons. The Hall–Kier alpha value is -2.83. The number of para-hydroxylation sites is 1. The quantitative estimate of drug-likeness (QED) is 0.282. The lowest BCUT2D eigenvalue weighted by Crippen LogP contribution is -2.44. The number of allylic oxidation sites excluding steroid dienone is 2. The van der Waals surface area contributed by atoms with E-state index in [4.69, 9.17) is 9.73 Å². The second-order valence-electron chi connectivity index (χ2n) is 9.43. The molecule has 2 saturated carbocycles. The molecule has 3 fully saturated rings. The van der Waals surface area contributed by atoms with Crippen LogP contribution in [0.25, 0.3) is 0 Å². The van der Waals surface area contributed by atoms with Crippen molar-refractivity contribution in [1.82, 2.24) is 15.5 Å². The summed E-state index contributed by atoms with van der Waals surface area (Å²) in [5.41, 5.74) is 1.24. The summed E-state index contributed by atoms with van der Waals surface area (Å²) in [5, 5.41) is 6.60. The van der Waals surface area contributed by atoms with E-state index in [1.165, 1.54) is 10.5 Å². The standard InChI is InChI=1S/C25H32N4O3/c1-3-26-24(28-15-25(10-11-25)18-6-4-5-7-19(18)32-2)27-12-13-29-22(30)20-16-8-9-17(14-16)21(20)23(29)31/h4-9,16-17,20-21H,3,10-15H2,1-2H3,(H2,26,27,28). The Morgan fingerprint density at radius 3 is 2.44 bits per heavy atom. The number of benzene rings is 1. The van der Waals surface area contributed by atoms with E-state index in [1.807, 2.05) is 25.1 Å². The van der Waals surface area contributed by atoms with Crippen LogP contribution in [0.1, 0.15) is 31.7 Å². The first-order valence-corrected chi connectivity index (χ1v) is 11.8. The van der Waals surface area contributed by atoms with Gasteiger partial charge in [-0.2, -0.15) is 0 Å². The number of rotatable bonds is 8. The normalized spacial score (nSPS) is 29.4. The van der Waals surface area contributed by atoms with Crippen molar-refractivity contribution in [2.75, 3.05) is 33.3 Å². The minimum Gasteiger partial charge on any atom is -0.496 e. The smallest absolute Gasteiger partial charge is 0.233 e. The van der Waals surface area contributed by atoms with Crippen molar-refractivity contribution in [1.29, 1.82) is 0 Å². The average Bonchev–Trinajstić information content (AvgIpc) is 3.18. The van der Waals surface area contributed by atoms with Crippen molar-refractivity contribution < 1.29 is 14.3 Å². The highest BCUT2D eigenvalue weighted by Gasteiger charge is 2.59. The van der Waals surface area contributed by atoms with Crippen LogP contribution in [-0.4, -0.2) is 56.0 Å². The average molecular weight is 437 g/mol. The number of fused-ring (bicyclic) bond motifs is 5. The van der Waals surface area contributed by atoms with Crippen LogP contribution in [0.5, 0.6) is 5.75 Å². The fourth-order valence-corrected chi connectivity index (χ4v) is 5.79. The minimum atomic E-state index is -0.130. The molecule has 5 rings (SSSR count). The van der Waals surface area contributed by atoms with Crippen LogP contribution in [0.15, 0.2) is 41.4 Å². The summed E-state index contributed by atoms with van der Waals surface area (Å²) in [7, 11) is 1.71. The number of imide groups is 1. The maximum absolute atomic E-state index is 12.9. The Bertz CT molecular complexity index is 938. The second-order valence-corrected chi connectivity index (χ2v) is 9.43. The number of hydrogen-bond acceptors (Lipinski definition) is 4. The number of methoxy groups -OCH3 is 1. The van der Waals surface area contributed by atoms with Crippen molar-refractivity contribution in [3.63, 3.8) is 0 Å². The number of nitrogens with one attached hydrogen (secondary N) is 2. The zero-order chi connectivity index (χ0) is 22.3. The summed E-state index contributed by atoms with van der Waals surface area (Å²) in [6.45, 7) is 4.32. The molecule has 32 heavy (non-hydrogen) atoms. The molecule has 1 aliphatic heterocycles. The van der Waals surface area contributed by atoms with Gasteiger partial charge in [-0.1, -0.05) is 30.4 Å². The lowest BCUT2D eigenvalue weighted by Gasteiger charge is -2.20. The number of likely N-dealkylation sites (tertiary alicyclic amines) is 1. The van der Waals surface area contributed by atoms with E-state index in [0.717, 1.165) is 37.5 Å². The molecule has 1 aromatic carbocycles. The highest BCUT2D eigenvalue weighted by atomic mass is 16.5. The lowest BCUT2D eigenvalue weighted by molar-refractivity contribution is -0.140. The number of nitrogens with zero attached hydrogens (tertiary/aromatic N) is 2. The van der Waals surface area contributed by atoms with Crippen LogP contribution in [0, 0.1) is 23.7 Å². The zero-order valence-corrected chi connectivity index (χ0v) is 18.8. The predicted octanol–water partition coefficient (Wildman–Crippen LogP) is 2.09. The molecular weight excluding hydrogens is 404 g/mol. The van der Waals surface area contributed by atoms with Gasteiger partial charge < -0.3 is 15.4 Å². The first-order valence-electron chi connectivity index (χ1n) is 11.8. The van der Waals surface area contributed by atoms with E-state index < -0.39 is 0 Å². The Labute approximate surface area is 189 Å². The molecule has 4 aliphatic rings. The molecule has 170 valence electrons. The Morgan fingerprint density at radius 1 is 1.12 bits per heavy atom. The highest BCUT2D eigenvalue weighted by Crippen LogP contribution is 2.53. The van der Waals surface area contributed by atoms with E-state index in [-0.39, 0.29) is 40.9 Å². The number of guanidine groups is 1. The highest BCUT2D eigenvalue weighted by molar-refractivity contribution is 6.06. The van der Waals surface area contributed by atoms with Crippen molar-refractivity contribution in [3.8, 4) is 5.75 Å². The summed E-state index contributed by atoms with van der Waals surface area (Å²) in [6.07, 6.45) is 7.40. The molecule has 2 bridgehead atoms. The fraction of sp³-hybridized carbons (Fsp3) is 0.560. The Balaban J connectivity index is 1.20. The molecule has 0 spiro atoms. The van der Waals surface area contributed by atoms with Gasteiger partial charge in [-0.05, 0) is 44.1 Å². The first kappa shape index (κ1) is 21.0. The minimum absolute atomic E-state index is 0.00805. The van der Waals surface area contributed by atoms with Crippen LogP contribution >= 0.6 is 0 Å². The van der Waals surface area contributed by atoms with Crippen LogP contribution in [0.4, 0.5) is 0 Å². The Morgan fingerprint density at radius 2 is 1.81 bits per heavy atom. The summed E-state index contributed by atoms with van der Waals surface area (Å²) in [6, 6.07) is 8.17. The SMILES string of the molecule is CCNC(=NCC1(c2ccccc2OC)CC1)NCCN1C(=O)C2C3C=CC(C3)C2C1=O. The molecule has 1 heterocycles. The number of amides is 2. The second kappa shape index (κ2) is 8.26. The number of carbonyl (C=O) groups is 2. The van der Waals surface area contributed by atoms with Crippen molar-refractivity contribution in [2.24, 2.45) is 28.7 Å². The molecule has 0 aromatic heterocycles. The van der Waals surface area contributed by atoms with Gasteiger partial charge in [-0.15, -0.1) is 0 Å². The van der Waals surface area contributed by atoms with Gasteiger partial charge in [0.15, 0.2) is 5.96 Å². The molecule has 2 amide bonds. The maximum Gasteiger partial charge on any atom is 0.233 e. The van der Waals surface area contributed by atoms with E-state index >= 15 is 0 Å². The largest absolute Gasteiger partial charge is 0.496 e. The molecular formula is C25H32N4O3. The van der Waals surface area contributed by atoms with Gasteiger partial charge >= 0.3 is 0 Å². The molecule has 2 N–H and O–H groups in total. The maximum atomic E-state index is 12.9. The zero-order valence-electron chi connectivity index (χ0n) is 18.8. The molecule has 3 aliphatic carbocycles. The van der Waals surface area contributed by atoms with Gasteiger partial charge in [-0.25, -0.2) is 0 Å². The summed E-state index contributed by atoms with van der Waals surface area (Å²) in [4.78, 5) is 32.0. The summed E-state index contributed by atoms with van der Waals surface area (Å²) >= 11 is 0. The molecule has 1 aromatic rings. The van der Waals surface area contributed by atoms with Crippen molar-refractivity contribution in [3.05, 3.63) is 42.0 Å². The molecule has 7 nitrogen and oxygen atoms in total. The van der Waals surface area contributed by atoms with Crippen LogP contribution in [0.3, 0.4) is 0 Å². The first-order chi connectivity index (χ1) is 15.6. The number of ether oxygens (including phenoxy) is 1. The monoisotopic (exact) mass is 436 g/mol. The van der Waals surface area contributed by atoms with Gasteiger partial charge in [-0.3, -0.25) is 19.5 Å². The third kappa shape index (κ3) is 3.48. The number of carbonyl (C=O) groups excluding carboxylic acids is 2. The van der Waals surface area contributed by atoms with Crippen LogP contribution < -0.4 is 15.4 Å².